The van der Waals surface area contributed by atoms with E-state index in [1.54, 1.807) is 0 Å². The van der Waals surface area contributed by atoms with Crippen molar-refractivity contribution in [3.05, 3.63) is 24.5 Å². The zero-order valence-electron chi connectivity index (χ0n) is 4.72. The van der Waals surface area contributed by atoms with E-state index in [2.05, 4.69) is 6.58 Å². The predicted octanol–water partition coefficient (Wildman–Crippen LogP) is 1.20. The number of allylic oxidation sites excluding steroid dienone is 3. The molecule has 44 valence electrons. The van der Waals surface area contributed by atoms with Crippen molar-refractivity contribution in [1.29, 1.82) is 0 Å². The molecule has 0 saturated carbocycles. The largest absolute Gasteiger partial charge is 0.504 e. The lowest BCUT2D eigenvalue weighted by atomic mass is 10.3. The molecule has 0 heterocycles. The Bertz CT molecular complexity index is 133. The van der Waals surface area contributed by atoms with Crippen LogP contribution in [-0.4, -0.2) is 10.9 Å². The van der Waals surface area contributed by atoms with Gasteiger partial charge < -0.3 is 5.11 Å². The number of ketones is 1. The van der Waals surface area contributed by atoms with Crippen LogP contribution >= 0.6 is 0 Å². The van der Waals surface area contributed by atoms with Crippen molar-refractivity contribution in [3.63, 3.8) is 0 Å². The Kier molecular flexibility index (Phi) is 2.62. The molecule has 0 atom stereocenters. The highest BCUT2D eigenvalue weighted by Gasteiger charge is 1.94. The first kappa shape index (κ1) is 6.95. The molecule has 0 aliphatic heterocycles. The summed E-state index contributed by atoms with van der Waals surface area (Å²) in [7, 11) is 0. The summed E-state index contributed by atoms with van der Waals surface area (Å²) >= 11 is 0. The minimum atomic E-state index is -0.343. The van der Waals surface area contributed by atoms with Crippen LogP contribution in [0.1, 0.15) is 6.92 Å². The monoisotopic (exact) mass is 112 g/mol. The van der Waals surface area contributed by atoms with Gasteiger partial charge in [-0.1, -0.05) is 12.7 Å². The summed E-state index contributed by atoms with van der Waals surface area (Å²) < 4.78 is 0. The molecule has 0 bridgehead atoms. The van der Waals surface area contributed by atoms with Crippen LogP contribution in [0.4, 0.5) is 0 Å². The maximum Gasteiger partial charge on any atom is 0.194 e. The highest BCUT2D eigenvalue weighted by molar-refractivity contribution is 5.90. The van der Waals surface area contributed by atoms with Crippen LogP contribution in [0.15, 0.2) is 24.5 Å². The fourth-order valence-electron chi connectivity index (χ4n) is 0.229. The Hall–Kier alpha value is -1.05. The highest BCUT2D eigenvalue weighted by Crippen LogP contribution is 1.87. The molecule has 0 radical (unpaired) electrons. The van der Waals surface area contributed by atoms with E-state index in [0.29, 0.717) is 0 Å². The zero-order chi connectivity index (χ0) is 6.57. The van der Waals surface area contributed by atoms with Crippen molar-refractivity contribution in [2.45, 2.75) is 6.92 Å². The summed E-state index contributed by atoms with van der Waals surface area (Å²) in [6.07, 6.45) is 2.61. The summed E-state index contributed by atoms with van der Waals surface area (Å²) in [5.74, 6) is -0.593. The minimum absolute atomic E-state index is 0.250. The maximum absolute atomic E-state index is 10.2. The third-order valence-corrected chi connectivity index (χ3v) is 0.636. The Balaban J connectivity index is 3.99. The molecule has 0 amide bonds. The van der Waals surface area contributed by atoms with Crippen LogP contribution in [0.3, 0.4) is 0 Å². The van der Waals surface area contributed by atoms with Gasteiger partial charge in [0.05, 0.1) is 0 Å². The normalized spacial score (nSPS) is 10.9. The van der Waals surface area contributed by atoms with Crippen LogP contribution in [0.25, 0.3) is 0 Å². The fourth-order valence-corrected chi connectivity index (χ4v) is 0.229. The van der Waals surface area contributed by atoms with Gasteiger partial charge in [0.15, 0.2) is 11.5 Å². The molecule has 0 spiro atoms. The zero-order valence-corrected chi connectivity index (χ0v) is 4.72. The summed E-state index contributed by atoms with van der Waals surface area (Å²) in [5.41, 5.74) is 0. The van der Waals surface area contributed by atoms with E-state index < -0.39 is 0 Å². The lowest BCUT2D eigenvalue weighted by Gasteiger charge is -1.85. The average molecular weight is 112 g/mol. The molecule has 0 fully saturated rings. The van der Waals surface area contributed by atoms with Crippen LogP contribution in [0.2, 0.25) is 0 Å². The smallest absolute Gasteiger partial charge is 0.194 e. The van der Waals surface area contributed by atoms with Gasteiger partial charge in [-0.2, -0.15) is 0 Å². The first-order chi connectivity index (χ1) is 3.68. The first-order valence-electron chi connectivity index (χ1n) is 2.21. The summed E-state index contributed by atoms with van der Waals surface area (Å²) in [6.45, 7) is 4.58. The van der Waals surface area contributed by atoms with Crippen LogP contribution in [-0.2, 0) is 4.79 Å². The number of hydrogen-bond donors (Lipinski definition) is 1. The van der Waals surface area contributed by atoms with Gasteiger partial charge in [-0.25, -0.2) is 0 Å². The van der Waals surface area contributed by atoms with Gasteiger partial charge in [0, 0.05) is 6.92 Å². The van der Waals surface area contributed by atoms with E-state index in [1.165, 1.54) is 19.1 Å². The van der Waals surface area contributed by atoms with Crippen molar-refractivity contribution < 1.29 is 9.90 Å². The molecule has 0 aliphatic rings. The Labute approximate surface area is 48.1 Å². The van der Waals surface area contributed by atoms with Crippen molar-refractivity contribution >= 4 is 5.78 Å². The Morgan fingerprint density at radius 1 is 1.75 bits per heavy atom. The number of aliphatic hydroxyl groups excluding tert-OH is 1. The van der Waals surface area contributed by atoms with Crippen molar-refractivity contribution in [2.24, 2.45) is 0 Å². The van der Waals surface area contributed by atoms with E-state index in [4.69, 9.17) is 5.11 Å². The topological polar surface area (TPSA) is 37.3 Å². The SMILES string of the molecule is C=C/C=C(\O)C(C)=O. The molecule has 0 saturated heterocycles. The molecule has 2 nitrogen and oxygen atoms in total. The first-order valence-corrected chi connectivity index (χ1v) is 2.21. The lowest BCUT2D eigenvalue weighted by Crippen LogP contribution is -1.92. The standard InChI is InChI=1S/C6H8O2/c1-3-4-6(8)5(2)7/h3-4,8H,1H2,2H3/b6-4-. The van der Waals surface area contributed by atoms with Crippen LogP contribution in [0, 0.1) is 0 Å². The molecule has 0 aromatic carbocycles. The second-order valence-corrected chi connectivity index (χ2v) is 1.34. The molecular formula is C6H8O2. The number of hydrogen-bond acceptors (Lipinski definition) is 2. The second kappa shape index (κ2) is 3.02. The Morgan fingerprint density at radius 2 is 2.25 bits per heavy atom. The molecule has 0 rings (SSSR count). The predicted molar refractivity (Wildman–Crippen MR) is 31.6 cm³/mol. The van der Waals surface area contributed by atoms with Crippen molar-refractivity contribution in [2.75, 3.05) is 0 Å². The van der Waals surface area contributed by atoms with Gasteiger partial charge in [-0.3, -0.25) is 4.79 Å². The summed E-state index contributed by atoms with van der Waals surface area (Å²) in [4.78, 5) is 10.2. The number of carbonyl (C=O) groups excluding carboxylic acids is 1. The van der Waals surface area contributed by atoms with Crippen molar-refractivity contribution in [1.82, 2.24) is 0 Å². The van der Waals surface area contributed by atoms with Gasteiger partial charge in [0.25, 0.3) is 0 Å². The molecule has 0 aromatic rings. The molecule has 0 aliphatic carbocycles. The van der Waals surface area contributed by atoms with Gasteiger partial charge in [-0.15, -0.1) is 0 Å². The molecule has 0 aromatic heterocycles. The van der Waals surface area contributed by atoms with Crippen LogP contribution in [0.5, 0.6) is 0 Å². The average Bonchev–Trinajstić information content (AvgIpc) is 1.67. The van der Waals surface area contributed by atoms with E-state index in [1.807, 2.05) is 0 Å². The van der Waals surface area contributed by atoms with Crippen molar-refractivity contribution in [3.8, 4) is 0 Å². The van der Waals surface area contributed by atoms with E-state index in [0.717, 1.165) is 0 Å². The van der Waals surface area contributed by atoms with Gasteiger partial charge in [0.1, 0.15) is 0 Å². The third-order valence-electron chi connectivity index (χ3n) is 0.636. The highest BCUT2D eigenvalue weighted by atomic mass is 16.3. The third kappa shape index (κ3) is 2.18. The van der Waals surface area contributed by atoms with Gasteiger partial charge >= 0.3 is 0 Å². The summed E-state index contributed by atoms with van der Waals surface area (Å²) in [5, 5.41) is 8.57. The Morgan fingerprint density at radius 3 is 2.38 bits per heavy atom. The number of rotatable bonds is 2. The minimum Gasteiger partial charge on any atom is -0.504 e. The van der Waals surface area contributed by atoms with E-state index >= 15 is 0 Å². The number of Topliss-reactive ketones (excluding diaryl/α,β-unsaturated/α-hetero) is 1. The fraction of sp³-hybridized carbons (Fsp3) is 0.167. The van der Waals surface area contributed by atoms with E-state index in [9.17, 15) is 4.79 Å². The summed E-state index contributed by atoms with van der Waals surface area (Å²) in [6, 6.07) is 0. The van der Waals surface area contributed by atoms with Gasteiger partial charge in [-0.05, 0) is 6.08 Å². The van der Waals surface area contributed by atoms with Gasteiger partial charge in [0.2, 0.25) is 0 Å². The quantitative estimate of drug-likeness (QED) is 0.331. The molecule has 1 N–H and O–H groups in total. The molecule has 8 heavy (non-hydrogen) atoms. The molecular weight excluding hydrogens is 104 g/mol. The number of aliphatic hydroxyl groups is 1. The molecule has 0 unspecified atom stereocenters. The van der Waals surface area contributed by atoms with Crippen LogP contribution < -0.4 is 0 Å². The lowest BCUT2D eigenvalue weighted by molar-refractivity contribution is -0.115. The van der Waals surface area contributed by atoms with E-state index in [-0.39, 0.29) is 11.5 Å². The second-order valence-electron chi connectivity index (χ2n) is 1.34. The maximum atomic E-state index is 10.2. The number of carbonyl (C=O) groups is 1. The molecule has 2 heteroatoms.